The number of amides is 1. The van der Waals surface area contributed by atoms with Crippen LogP contribution >= 0.6 is 22.7 Å². The Hall–Kier alpha value is -3.29. The Kier molecular flexibility index (Phi) is 4.90. The number of methoxy groups -OCH3 is 1. The first-order chi connectivity index (χ1) is 14.7. The van der Waals surface area contributed by atoms with E-state index in [0.717, 1.165) is 31.7 Å². The monoisotopic (exact) mass is 431 g/mol. The number of hydrogen-bond acceptors (Lipinski definition) is 6. The van der Waals surface area contributed by atoms with Crippen molar-refractivity contribution in [3.8, 4) is 5.75 Å². The van der Waals surface area contributed by atoms with Crippen LogP contribution in [0.3, 0.4) is 0 Å². The second kappa shape index (κ2) is 7.85. The lowest BCUT2D eigenvalue weighted by atomic mass is 10.2. The van der Waals surface area contributed by atoms with Gasteiger partial charge in [-0.05, 0) is 35.9 Å². The number of nitrogens with zero attached hydrogens (tertiary/aromatic N) is 3. The van der Waals surface area contributed by atoms with Crippen LogP contribution in [0.4, 0.5) is 5.13 Å². The molecule has 0 aliphatic rings. The summed E-state index contributed by atoms with van der Waals surface area (Å²) in [4.78, 5) is 24.5. The van der Waals surface area contributed by atoms with Crippen molar-refractivity contribution in [2.45, 2.75) is 6.54 Å². The van der Waals surface area contributed by atoms with Crippen molar-refractivity contribution in [3.05, 3.63) is 83.4 Å². The van der Waals surface area contributed by atoms with Gasteiger partial charge in [-0.3, -0.25) is 9.69 Å². The number of rotatable bonds is 5. The topological polar surface area (TPSA) is 55.3 Å². The van der Waals surface area contributed by atoms with Gasteiger partial charge in [0.25, 0.3) is 5.91 Å². The predicted octanol–water partition coefficient (Wildman–Crippen LogP) is 5.76. The van der Waals surface area contributed by atoms with Crippen LogP contribution < -0.4 is 9.64 Å². The summed E-state index contributed by atoms with van der Waals surface area (Å²) < 4.78 is 7.29. The third-order valence-electron chi connectivity index (χ3n) is 4.72. The normalized spacial score (nSPS) is 11.1. The lowest BCUT2D eigenvalue weighted by molar-refractivity contribution is 0.0985. The predicted molar refractivity (Wildman–Crippen MR) is 123 cm³/mol. The second-order valence-electron chi connectivity index (χ2n) is 6.69. The molecule has 0 atom stereocenters. The van der Waals surface area contributed by atoms with Crippen LogP contribution in [0.25, 0.3) is 20.4 Å². The fourth-order valence-corrected chi connectivity index (χ4v) is 5.11. The van der Waals surface area contributed by atoms with Gasteiger partial charge < -0.3 is 4.74 Å². The standard InChI is InChI=1S/C23H17N3O2S2/c1-28-16-11-12-18-20(13-16)30-23(25-18)26(14-15-7-3-2-4-8-15)22(27)21-24-17-9-5-6-10-19(17)29-21/h2-13H,14H2,1H3. The number of hydrogen-bond donors (Lipinski definition) is 0. The number of aromatic nitrogens is 2. The molecule has 0 saturated carbocycles. The highest BCUT2D eigenvalue weighted by Crippen LogP contribution is 2.34. The van der Waals surface area contributed by atoms with E-state index in [0.29, 0.717) is 16.7 Å². The third-order valence-corrected chi connectivity index (χ3v) is 6.79. The highest BCUT2D eigenvalue weighted by atomic mass is 32.1. The van der Waals surface area contributed by atoms with Gasteiger partial charge in [0.2, 0.25) is 0 Å². The van der Waals surface area contributed by atoms with E-state index in [9.17, 15) is 4.79 Å². The Labute approximate surface area is 181 Å². The molecule has 0 bridgehead atoms. The summed E-state index contributed by atoms with van der Waals surface area (Å²) in [5.41, 5.74) is 2.70. The molecule has 7 heteroatoms. The van der Waals surface area contributed by atoms with Crippen LogP contribution in [0.2, 0.25) is 0 Å². The second-order valence-corrected chi connectivity index (χ2v) is 8.73. The quantitative estimate of drug-likeness (QED) is 0.355. The summed E-state index contributed by atoms with van der Waals surface area (Å²) in [6.07, 6.45) is 0. The molecule has 0 saturated heterocycles. The number of thiazole rings is 2. The van der Waals surface area contributed by atoms with Crippen molar-refractivity contribution < 1.29 is 9.53 Å². The molecule has 1 amide bonds. The molecule has 5 nitrogen and oxygen atoms in total. The molecule has 0 aliphatic carbocycles. The Morgan fingerprint density at radius 3 is 2.47 bits per heavy atom. The molecular weight excluding hydrogens is 414 g/mol. The number of anilines is 1. The van der Waals surface area contributed by atoms with Gasteiger partial charge in [0.1, 0.15) is 5.75 Å². The molecule has 30 heavy (non-hydrogen) atoms. The average molecular weight is 432 g/mol. The van der Waals surface area contributed by atoms with Crippen LogP contribution in [-0.4, -0.2) is 23.0 Å². The number of fused-ring (bicyclic) bond motifs is 2. The number of carbonyl (C=O) groups excluding carboxylic acids is 1. The maximum atomic E-state index is 13.5. The van der Waals surface area contributed by atoms with Crippen LogP contribution in [0.15, 0.2) is 72.8 Å². The number of benzene rings is 3. The van der Waals surface area contributed by atoms with Crippen LogP contribution in [0.1, 0.15) is 15.4 Å². The third kappa shape index (κ3) is 3.53. The van der Waals surface area contributed by atoms with Crippen LogP contribution in [-0.2, 0) is 6.54 Å². The zero-order chi connectivity index (χ0) is 20.5. The minimum absolute atomic E-state index is 0.147. The molecule has 2 aromatic heterocycles. The smallest absolute Gasteiger partial charge is 0.289 e. The zero-order valence-corrected chi connectivity index (χ0v) is 17.7. The summed E-state index contributed by atoms with van der Waals surface area (Å²) in [5.74, 6) is 0.621. The maximum Gasteiger partial charge on any atom is 0.289 e. The zero-order valence-electron chi connectivity index (χ0n) is 16.1. The maximum absolute atomic E-state index is 13.5. The molecule has 2 heterocycles. The van der Waals surface area contributed by atoms with E-state index >= 15 is 0 Å². The molecule has 0 fully saturated rings. The Bertz CT molecular complexity index is 1310. The number of para-hydroxylation sites is 1. The molecule has 3 aromatic carbocycles. The van der Waals surface area contributed by atoms with E-state index in [1.54, 1.807) is 12.0 Å². The molecule has 0 aliphatic heterocycles. The highest BCUT2D eigenvalue weighted by molar-refractivity contribution is 7.23. The van der Waals surface area contributed by atoms with Crippen LogP contribution in [0, 0.1) is 0 Å². The van der Waals surface area contributed by atoms with Crippen molar-refractivity contribution in [2.75, 3.05) is 12.0 Å². The summed E-state index contributed by atoms with van der Waals surface area (Å²) >= 11 is 2.88. The van der Waals surface area contributed by atoms with E-state index in [1.807, 2.05) is 72.8 Å². The average Bonchev–Trinajstić information content (AvgIpc) is 3.41. The molecule has 0 radical (unpaired) electrons. The Morgan fingerprint density at radius 2 is 1.67 bits per heavy atom. The minimum atomic E-state index is -0.147. The van der Waals surface area contributed by atoms with Crippen molar-refractivity contribution >= 4 is 54.1 Å². The van der Waals surface area contributed by atoms with Gasteiger partial charge >= 0.3 is 0 Å². The van der Waals surface area contributed by atoms with Gasteiger partial charge in [-0.25, -0.2) is 9.97 Å². The number of carbonyl (C=O) groups is 1. The summed E-state index contributed by atoms with van der Waals surface area (Å²) in [7, 11) is 1.64. The highest BCUT2D eigenvalue weighted by Gasteiger charge is 2.24. The minimum Gasteiger partial charge on any atom is -0.497 e. The first-order valence-electron chi connectivity index (χ1n) is 9.37. The van der Waals surface area contributed by atoms with Crippen LogP contribution in [0.5, 0.6) is 5.75 Å². The molecule has 0 N–H and O–H groups in total. The first-order valence-corrected chi connectivity index (χ1v) is 11.0. The van der Waals surface area contributed by atoms with Crippen molar-refractivity contribution in [1.82, 2.24) is 9.97 Å². The van der Waals surface area contributed by atoms with Crippen molar-refractivity contribution in [2.24, 2.45) is 0 Å². The Morgan fingerprint density at radius 1 is 0.900 bits per heavy atom. The lowest BCUT2D eigenvalue weighted by Crippen LogP contribution is -2.30. The summed E-state index contributed by atoms with van der Waals surface area (Å²) in [6, 6.07) is 23.5. The van der Waals surface area contributed by atoms with Gasteiger partial charge in [0, 0.05) is 0 Å². The molecule has 5 aromatic rings. The van der Waals surface area contributed by atoms with E-state index in [-0.39, 0.29) is 5.91 Å². The molecule has 5 rings (SSSR count). The van der Waals surface area contributed by atoms with Gasteiger partial charge in [-0.15, -0.1) is 11.3 Å². The fourth-order valence-electron chi connectivity index (χ4n) is 3.21. The summed E-state index contributed by atoms with van der Waals surface area (Å²) in [6.45, 7) is 0.423. The molecule has 0 spiro atoms. The van der Waals surface area contributed by atoms with Crippen molar-refractivity contribution in [1.29, 1.82) is 0 Å². The summed E-state index contributed by atoms with van der Waals surface area (Å²) in [5, 5.41) is 1.11. The van der Waals surface area contributed by atoms with E-state index in [4.69, 9.17) is 9.72 Å². The van der Waals surface area contributed by atoms with Gasteiger partial charge in [0.15, 0.2) is 10.1 Å². The van der Waals surface area contributed by atoms with Gasteiger partial charge in [-0.2, -0.15) is 0 Å². The largest absolute Gasteiger partial charge is 0.497 e. The number of ether oxygens (including phenoxy) is 1. The lowest BCUT2D eigenvalue weighted by Gasteiger charge is -2.18. The molecule has 148 valence electrons. The van der Waals surface area contributed by atoms with E-state index in [1.165, 1.54) is 22.7 Å². The SMILES string of the molecule is COc1ccc2nc(N(Cc3ccccc3)C(=O)c3nc4ccccc4s3)sc2c1. The fraction of sp³-hybridized carbons (Fsp3) is 0.0870. The Balaban J connectivity index is 1.58. The first kappa shape index (κ1) is 18.7. The van der Waals surface area contributed by atoms with E-state index < -0.39 is 0 Å². The van der Waals surface area contributed by atoms with Crippen molar-refractivity contribution in [3.63, 3.8) is 0 Å². The van der Waals surface area contributed by atoms with Gasteiger partial charge in [-0.1, -0.05) is 53.8 Å². The molecular formula is C23H17N3O2S2. The van der Waals surface area contributed by atoms with E-state index in [2.05, 4.69) is 4.98 Å². The molecule has 0 unspecified atom stereocenters. The van der Waals surface area contributed by atoms with Gasteiger partial charge in [0.05, 0.1) is 34.1 Å².